The van der Waals surface area contributed by atoms with Crippen molar-refractivity contribution in [2.24, 2.45) is 5.92 Å². The second kappa shape index (κ2) is 20.2. The molecule has 0 saturated carbocycles. The normalized spacial score (nSPS) is 16.0. The van der Waals surface area contributed by atoms with E-state index in [4.69, 9.17) is 19.3 Å². The van der Waals surface area contributed by atoms with Gasteiger partial charge in [0.2, 0.25) is 23.6 Å². The van der Waals surface area contributed by atoms with E-state index < -0.39 is 72.7 Å². The molecule has 268 valence electrons. The Morgan fingerprint density at radius 1 is 0.958 bits per heavy atom. The van der Waals surface area contributed by atoms with Gasteiger partial charge in [0.05, 0.1) is 13.2 Å². The highest BCUT2D eigenvalue weighted by Gasteiger charge is 2.32. The van der Waals surface area contributed by atoms with Gasteiger partial charge in [-0.1, -0.05) is 44.2 Å². The maximum absolute atomic E-state index is 13.2. The number of rotatable bonds is 18. The van der Waals surface area contributed by atoms with Crippen LogP contribution in [-0.2, 0) is 44.6 Å². The van der Waals surface area contributed by atoms with Crippen molar-refractivity contribution in [3.05, 3.63) is 35.9 Å². The van der Waals surface area contributed by atoms with Crippen LogP contribution in [-0.4, -0.2) is 109 Å². The van der Waals surface area contributed by atoms with Crippen molar-refractivity contribution in [2.45, 2.75) is 90.6 Å². The zero-order valence-corrected chi connectivity index (χ0v) is 28.5. The number of carbonyl (C=O) groups excluding carboxylic acids is 5. The second-order valence-electron chi connectivity index (χ2n) is 12.9. The molecule has 0 radical (unpaired) electrons. The first-order valence-corrected chi connectivity index (χ1v) is 16.2. The van der Waals surface area contributed by atoms with Crippen molar-refractivity contribution in [3.8, 4) is 0 Å². The lowest BCUT2D eigenvalue weighted by Crippen LogP contribution is -2.53. The third-order valence-corrected chi connectivity index (χ3v) is 6.87. The number of benzene rings is 1. The number of carbonyl (C=O) groups is 6. The van der Waals surface area contributed by atoms with Gasteiger partial charge in [0.15, 0.2) is 0 Å². The molecule has 1 heterocycles. The molecule has 1 saturated heterocycles. The Bertz CT molecular complexity index is 1220. The van der Waals surface area contributed by atoms with Crippen LogP contribution in [0.2, 0.25) is 0 Å². The molecule has 15 heteroatoms. The van der Waals surface area contributed by atoms with Crippen LogP contribution in [0.1, 0.15) is 65.9 Å². The lowest BCUT2D eigenvalue weighted by Gasteiger charge is -2.36. The lowest BCUT2D eigenvalue weighted by atomic mass is 10.1. The largest absolute Gasteiger partial charge is 0.480 e. The van der Waals surface area contributed by atoms with Gasteiger partial charge in [-0.05, 0) is 45.1 Å². The summed E-state index contributed by atoms with van der Waals surface area (Å²) in [6.45, 7) is 9.60. The third kappa shape index (κ3) is 16.0. The Kier molecular flexibility index (Phi) is 16.8. The van der Waals surface area contributed by atoms with E-state index in [1.165, 1.54) is 4.90 Å². The van der Waals surface area contributed by atoms with Crippen molar-refractivity contribution >= 4 is 35.7 Å². The number of nitrogens with one attached hydrogen (secondary N) is 4. The molecule has 0 aliphatic carbocycles. The van der Waals surface area contributed by atoms with Crippen molar-refractivity contribution in [1.29, 1.82) is 0 Å². The first-order valence-electron chi connectivity index (χ1n) is 16.2. The van der Waals surface area contributed by atoms with Crippen LogP contribution in [0.25, 0.3) is 0 Å². The Morgan fingerprint density at radius 2 is 1.60 bits per heavy atom. The molecule has 3 atom stereocenters. The van der Waals surface area contributed by atoms with Gasteiger partial charge in [-0.2, -0.15) is 0 Å². The number of hydrogen-bond acceptors (Lipinski definition) is 9. The van der Waals surface area contributed by atoms with Gasteiger partial charge < -0.3 is 40.6 Å². The maximum Gasteiger partial charge on any atom is 0.412 e. The first kappa shape index (κ1) is 39.9. The summed E-state index contributed by atoms with van der Waals surface area (Å²) in [6, 6.07) is 6.71. The number of nitrogens with zero attached hydrogens (tertiary/aromatic N) is 1. The van der Waals surface area contributed by atoms with Crippen LogP contribution in [0, 0.1) is 5.92 Å². The molecule has 1 fully saturated rings. The molecule has 1 aromatic carbocycles. The van der Waals surface area contributed by atoms with Gasteiger partial charge >= 0.3 is 12.1 Å². The van der Waals surface area contributed by atoms with E-state index in [0.717, 1.165) is 5.56 Å². The molecule has 0 aromatic heterocycles. The molecule has 1 aromatic rings. The standard InChI is InChI=1S/C33H51N5O10/c1-22(2)21-46-17-14-24(36-26(39)12-13-28-38(15-9-16-47-28)32(45)48-33(3,4)5)30(43)34-19-27(40)37-25(31(44)35-20-29(41)42)18-23-10-7-6-8-11-23/h6-8,10-11,22,24-25,28H,9,12-21H2,1-5H3,(H,34,43)(H,35,44)(H,36,39)(H,37,40)(H,41,42)/t24-,25-,28?/m0/s1. The maximum atomic E-state index is 13.2. The van der Waals surface area contributed by atoms with Crippen LogP contribution in [0.5, 0.6) is 0 Å². The zero-order chi connectivity index (χ0) is 35.7. The molecule has 1 aliphatic heterocycles. The minimum absolute atomic E-state index is 0.0479. The minimum atomic E-state index is -1.24. The molecule has 5 amide bonds. The van der Waals surface area contributed by atoms with E-state index in [1.807, 2.05) is 13.8 Å². The summed E-state index contributed by atoms with van der Waals surface area (Å²) in [6.07, 6.45) is -0.213. The van der Waals surface area contributed by atoms with Crippen LogP contribution in [0.15, 0.2) is 30.3 Å². The molecule has 1 unspecified atom stereocenters. The SMILES string of the molecule is CC(C)COCC[C@H](NC(=O)CCC1OCCCN1C(=O)OC(C)(C)C)C(=O)NCC(=O)N[C@@H](Cc1ccccc1)C(=O)NCC(=O)O. The van der Waals surface area contributed by atoms with Gasteiger partial charge in [0, 0.05) is 39.0 Å². The minimum Gasteiger partial charge on any atom is -0.480 e. The van der Waals surface area contributed by atoms with E-state index in [2.05, 4.69) is 21.3 Å². The number of carboxylic acid groups (broad SMARTS) is 1. The van der Waals surface area contributed by atoms with Crippen molar-refractivity contribution in [3.63, 3.8) is 0 Å². The van der Waals surface area contributed by atoms with E-state index in [9.17, 15) is 28.8 Å². The van der Waals surface area contributed by atoms with Crippen LogP contribution < -0.4 is 21.3 Å². The summed E-state index contributed by atoms with van der Waals surface area (Å²) < 4.78 is 16.8. The van der Waals surface area contributed by atoms with Crippen molar-refractivity contribution in [1.82, 2.24) is 26.2 Å². The monoisotopic (exact) mass is 677 g/mol. The fourth-order valence-corrected chi connectivity index (χ4v) is 4.65. The topological polar surface area (TPSA) is 202 Å². The van der Waals surface area contributed by atoms with Gasteiger partial charge in [-0.15, -0.1) is 0 Å². The fraction of sp³-hybridized carbons (Fsp3) is 0.636. The Hall–Kier alpha value is -4.24. The zero-order valence-electron chi connectivity index (χ0n) is 28.5. The quantitative estimate of drug-likeness (QED) is 0.141. The van der Waals surface area contributed by atoms with Crippen LogP contribution in [0.4, 0.5) is 4.79 Å². The summed E-state index contributed by atoms with van der Waals surface area (Å²) in [4.78, 5) is 76.8. The second-order valence-corrected chi connectivity index (χ2v) is 12.9. The average molecular weight is 678 g/mol. The number of amides is 5. The predicted molar refractivity (Wildman–Crippen MR) is 174 cm³/mol. The molecular formula is C33H51N5O10. The van der Waals surface area contributed by atoms with Gasteiger partial charge in [0.1, 0.15) is 30.5 Å². The fourth-order valence-electron chi connectivity index (χ4n) is 4.65. The number of ether oxygens (including phenoxy) is 3. The highest BCUT2D eigenvalue weighted by molar-refractivity contribution is 5.93. The molecule has 2 rings (SSSR count). The summed E-state index contributed by atoms with van der Waals surface area (Å²) in [5.41, 5.74) is 0.0376. The van der Waals surface area contributed by atoms with E-state index >= 15 is 0 Å². The van der Waals surface area contributed by atoms with Crippen molar-refractivity contribution < 1.29 is 48.1 Å². The predicted octanol–water partition coefficient (Wildman–Crippen LogP) is 1.34. The number of carboxylic acids is 1. The highest BCUT2D eigenvalue weighted by atomic mass is 16.6. The summed E-state index contributed by atoms with van der Waals surface area (Å²) in [7, 11) is 0. The summed E-state index contributed by atoms with van der Waals surface area (Å²) >= 11 is 0. The van der Waals surface area contributed by atoms with Crippen LogP contribution >= 0.6 is 0 Å². The molecule has 5 N–H and O–H groups in total. The van der Waals surface area contributed by atoms with E-state index in [0.29, 0.717) is 26.2 Å². The van der Waals surface area contributed by atoms with Gasteiger partial charge in [-0.3, -0.25) is 28.9 Å². The Morgan fingerprint density at radius 3 is 2.25 bits per heavy atom. The average Bonchev–Trinajstić information content (AvgIpc) is 3.02. The molecule has 15 nitrogen and oxygen atoms in total. The molecule has 0 bridgehead atoms. The molecule has 0 spiro atoms. The highest BCUT2D eigenvalue weighted by Crippen LogP contribution is 2.19. The smallest absolute Gasteiger partial charge is 0.412 e. The van der Waals surface area contributed by atoms with Crippen molar-refractivity contribution in [2.75, 3.05) is 39.5 Å². The number of aliphatic carboxylic acids is 1. The summed E-state index contributed by atoms with van der Waals surface area (Å²) in [5, 5.41) is 18.9. The first-order chi connectivity index (χ1) is 22.6. The van der Waals surface area contributed by atoms with Gasteiger partial charge in [0.25, 0.3) is 0 Å². The lowest BCUT2D eigenvalue weighted by molar-refractivity contribution is -0.138. The van der Waals surface area contributed by atoms with Gasteiger partial charge in [-0.25, -0.2) is 4.79 Å². The van der Waals surface area contributed by atoms with Crippen LogP contribution in [0.3, 0.4) is 0 Å². The Labute approximate surface area is 281 Å². The summed E-state index contributed by atoms with van der Waals surface area (Å²) in [5.74, 6) is -3.45. The third-order valence-electron chi connectivity index (χ3n) is 6.87. The molecule has 48 heavy (non-hydrogen) atoms. The molecule has 1 aliphatic rings. The Balaban J connectivity index is 2.00. The molecular weight excluding hydrogens is 626 g/mol. The van der Waals surface area contributed by atoms with E-state index in [-0.39, 0.29) is 38.2 Å². The number of hydrogen-bond donors (Lipinski definition) is 5. The van der Waals surface area contributed by atoms with E-state index in [1.54, 1.807) is 51.1 Å².